The summed E-state index contributed by atoms with van der Waals surface area (Å²) >= 11 is 0. The number of fused-ring (bicyclic) bond motifs is 3. The first kappa shape index (κ1) is 24.1. The molecular weight excluding hydrogens is 441 g/mol. The molecule has 0 heterocycles. The number of hydrogen-bond acceptors (Lipinski definition) is 4. The van der Waals surface area contributed by atoms with Crippen molar-refractivity contribution in [2.75, 3.05) is 6.61 Å². The monoisotopic (exact) mass is 464 g/mol. The highest BCUT2D eigenvalue weighted by molar-refractivity contribution is 5.90. The Balaban J connectivity index is 1.71. The van der Waals surface area contributed by atoms with Gasteiger partial charge in [0.25, 0.3) is 5.91 Å². The Morgan fingerprint density at radius 1 is 0.970 bits per heavy atom. The van der Waals surface area contributed by atoms with Gasteiger partial charge in [-0.3, -0.25) is 4.79 Å². The molecule has 1 aliphatic carbocycles. The van der Waals surface area contributed by atoms with Gasteiger partial charge in [-0.2, -0.15) is 13.2 Å². The first-order valence-corrected chi connectivity index (χ1v) is 10.2. The molecule has 0 radical (unpaired) electrons. The average molecular weight is 464 g/mol. The summed E-state index contributed by atoms with van der Waals surface area (Å²) in [5.41, 5.74) is 3.64. The molecule has 0 bridgehead atoms. The van der Waals surface area contributed by atoms with E-state index in [-0.39, 0.29) is 12.5 Å². The Hall–Kier alpha value is -3.56. The minimum atomic E-state index is -5.16. The van der Waals surface area contributed by atoms with Gasteiger partial charge in [0.05, 0.1) is 0 Å². The van der Waals surface area contributed by atoms with Crippen LogP contribution in [0.5, 0.6) is 0 Å². The number of alkyl halides is 3. The lowest BCUT2D eigenvalue weighted by molar-refractivity contribution is -0.169. The summed E-state index contributed by atoms with van der Waals surface area (Å²) in [6, 6.07) is 10.4. The smallest absolute Gasteiger partial charge is 0.417 e. The lowest BCUT2D eigenvalue weighted by Gasteiger charge is -2.24. The van der Waals surface area contributed by atoms with Crippen molar-refractivity contribution in [1.29, 1.82) is 0 Å². The maximum absolute atomic E-state index is 13.4. The molecule has 1 aliphatic rings. The van der Waals surface area contributed by atoms with E-state index in [4.69, 9.17) is 9.84 Å². The number of carboxylic acids is 1. The van der Waals surface area contributed by atoms with Crippen LogP contribution < -0.4 is 10.6 Å². The van der Waals surface area contributed by atoms with E-state index in [9.17, 15) is 27.6 Å². The Bertz CT molecular complexity index is 1010. The minimum absolute atomic E-state index is 0.240. The summed E-state index contributed by atoms with van der Waals surface area (Å²) in [5.74, 6) is -4.22. The normalized spacial score (nSPS) is 14.7. The predicted octanol–water partition coefficient (Wildman–Crippen LogP) is 3.68. The lowest BCUT2D eigenvalue weighted by atomic mass is 9.98. The van der Waals surface area contributed by atoms with Crippen LogP contribution in [0.25, 0.3) is 11.1 Å². The van der Waals surface area contributed by atoms with Crippen molar-refractivity contribution in [1.82, 2.24) is 10.6 Å². The molecule has 1 unspecified atom stereocenters. The maximum Gasteiger partial charge on any atom is 0.417 e. The maximum atomic E-state index is 13.4. The number of carboxylic acid groups (broad SMARTS) is 1. The highest BCUT2D eigenvalue weighted by Gasteiger charge is 2.47. The molecule has 2 aromatic rings. The van der Waals surface area contributed by atoms with Gasteiger partial charge in [-0.15, -0.1) is 0 Å². The molecule has 0 saturated carbocycles. The SMILES string of the molecule is CC(C)[C@@H](NC(=O)C(NC(=O)OCC1c2ccccc2-c2ccccc21)C(F)(F)F)C(=O)O. The number of hydrogen-bond donors (Lipinski definition) is 3. The van der Waals surface area contributed by atoms with Gasteiger partial charge in [0, 0.05) is 5.92 Å². The lowest BCUT2D eigenvalue weighted by Crippen LogP contribution is -2.58. The largest absolute Gasteiger partial charge is 0.480 e. The summed E-state index contributed by atoms with van der Waals surface area (Å²) < 4.78 is 45.4. The fraction of sp³-hybridized carbons (Fsp3) is 0.348. The zero-order chi connectivity index (χ0) is 24.3. The second-order valence-corrected chi connectivity index (χ2v) is 8.01. The van der Waals surface area contributed by atoms with E-state index < -0.39 is 42.1 Å². The van der Waals surface area contributed by atoms with Gasteiger partial charge in [0.15, 0.2) is 0 Å². The Kier molecular flexibility index (Phi) is 6.95. The van der Waals surface area contributed by atoms with Crippen LogP contribution in [-0.4, -0.2) is 47.9 Å². The fourth-order valence-corrected chi connectivity index (χ4v) is 3.80. The van der Waals surface area contributed by atoms with Crippen LogP contribution in [0.2, 0.25) is 0 Å². The third kappa shape index (κ3) is 5.27. The van der Waals surface area contributed by atoms with E-state index in [0.717, 1.165) is 22.3 Å². The zero-order valence-electron chi connectivity index (χ0n) is 17.8. The molecule has 2 aromatic carbocycles. The van der Waals surface area contributed by atoms with Crippen LogP contribution in [0.3, 0.4) is 0 Å². The van der Waals surface area contributed by atoms with Crippen molar-refractivity contribution in [2.24, 2.45) is 5.92 Å². The predicted molar refractivity (Wildman–Crippen MR) is 112 cm³/mol. The number of benzene rings is 2. The van der Waals surface area contributed by atoms with Crippen molar-refractivity contribution < 1.29 is 37.4 Å². The molecule has 33 heavy (non-hydrogen) atoms. The molecule has 176 valence electrons. The van der Waals surface area contributed by atoms with Crippen LogP contribution in [-0.2, 0) is 14.3 Å². The summed E-state index contributed by atoms with van der Waals surface area (Å²) in [6.07, 6.45) is -6.60. The Morgan fingerprint density at radius 2 is 1.48 bits per heavy atom. The average Bonchev–Trinajstić information content (AvgIpc) is 3.06. The molecule has 2 atom stereocenters. The van der Waals surface area contributed by atoms with Crippen LogP contribution in [0, 0.1) is 5.92 Å². The highest BCUT2D eigenvalue weighted by Crippen LogP contribution is 2.44. The third-order valence-corrected chi connectivity index (χ3v) is 5.43. The van der Waals surface area contributed by atoms with E-state index in [2.05, 4.69) is 0 Å². The number of nitrogens with one attached hydrogen (secondary N) is 2. The van der Waals surface area contributed by atoms with E-state index in [1.165, 1.54) is 19.2 Å². The van der Waals surface area contributed by atoms with Crippen LogP contribution in [0.4, 0.5) is 18.0 Å². The van der Waals surface area contributed by atoms with Gasteiger partial charge in [-0.05, 0) is 28.2 Å². The molecule has 0 spiro atoms. The molecule has 3 N–H and O–H groups in total. The first-order chi connectivity index (χ1) is 15.5. The van der Waals surface area contributed by atoms with E-state index in [0.29, 0.717) is 0 Å². The fourth-order valence-electron chi connectivity index (χ4n) is 3.80. The number of rotatable bonds is 7. The van der Waals surface area contributed by atoms with Crippen molar-refractivity contribution in [3.63, 3.8) is 0 Å². The van der Waals surface area contributed by atoms with E-state index in [1.54, 1.807) is 0 Å². The quantitative estimate of drug-likeness (QED) is 0.580. The number of ether oxygens (including phenoxy) is 1. The van der Waals surface area contributed by atoms with Crippen molar-refractivity contribution in [3.05, 3.63) is 59.7 Å². The molecule has 0 aliphatic heterocycles. The van der Waals surface area contributed by atoms with Crippen molar-refractivity contribution >= 4 is 18.0 Å². The Labute approximate surface area is 187 Å². The van der Waals surface area contributed by atoms with Gasteiger partial charge in [-0.25, -0.2) is 9.59 Å². The van der Waals surface area contributed by atoms with Crippen LogP contribution in [0.15, 0.2) is 48.5 Å². The van der Waals surface area contributed by atoms with E-state index in [1.807, 2.05) is 53.8 Å². The Morgan fingerprint density at radius 3 is 1.94 bits per heavy atom. The molecule has 3 rings (SSSR count). The number of carbonyl (C=O) groups is 3. The number of halogens is 3. The molecule has 7 nitrogen and oxygen atoms in total. The summed E-state index contributed by atoms with van der Waals surface area (Å²) in [7, 11) is 0. The standard InChI is InChI=1S/C23H23F3N2O5/c1-12(2)18(21(30)31)27-20(29)19(23(24,25)26)28-22(32)33-11-17-15-9-5-3-7-13(15)14-8-4-6-10-16(14)17/h3-10,12,17-19H,11H2,1-2H3,(H,27,29)(H,28,32)(H,30,31)/t18-,19?/m1/s1. The van der Waals surface area contributed by atoms with Gasteiger partial charge in [-0.1, -0.05) is 62.4 Å². The topological polar surface area (TPSA) is 105 Å². The zero-order valence-corrected chi connectivity index (χ0v) is 17.8. The highest BCUT2D eigenvalue weighted by atomic mass is 19.4. The molecule has 2 amide bonds. The second kappa shape index (κ2) is 9.51. The molecule has 10 heteroatoms. The summed E-state index contributed by atoms with van der Waals surface area (Å²) in [6.45, 7) is 2.62. The van der Waals surface area contributed by atoms with Crippen LogP contribution in [0.1, 0.15) is 30.9 Å². The number of amides is 2. The van der Waals surface area contributed by atoms with Gasteiger partial charge < -0.3 is 20.5 Å². The molecule has 0 fully saturated rings. The number of alkyl carbamates (subject to hydrolysis) is 1. The summed E-state index contributed by atoms with van der Waals surface area (Å²) in [5, 5.41) is 12.5. The van der Waals surface area contributed by atoms with Gasteiger partial charge >= 0.3 is 18.2 Å². The first-order valence-electron chi connectivity index (χ1n) is 10.2. The van der Waals surface area contributed by atoms with Crippen LogP contribution >= 0.6 is 0 Å². The minimum Gasteiger partial charge on any atom is -0.480 e. The van der Waals surface area contributed by atoms with E-state index >= 15 is 0 Å². The van der Waals surface area contributed by atoms with Gasteiger partial charge in [0.2, 0.25) is 6.04 Å². The second-order valence-electron chi connectivity index (χ2n) is 8.01. The summed E-state index contributed by atoms with van der Waals surface area (Å²) in [4.78, 5) is 35.6. The molecule has 0 saturated heterocycles. The molecular formula is C23H23F3N2O5. The van der Waals surface area contributed by atoms with Crippen molar-refractivity contribution in [3.8, 4) is 11.1 Å². The van der Waals surface area contributed by atoms with Crippen molar-refractivity contribution in [2.45, 2.75) is 38.0 Å². The number of aliphatic carboxylic acids is 1. The molecule has 0 aromatic heterocycles. The number of carbonyl (C=O) groups excluding carboxylic acids is 2. The van der Waals surface area contributed by atoms with Gasteiger partial charge in [0.1, 0.15) is 12.6 Å². The third-order valence-electron chi connectivity index (χ3n) is 5.43.